The van der Waals surface area contributed by atoms with E-state index < -0.39 is 9.05 Å². The molecule has 2 aromatic rings. The van der Waals surface area contributed by atoms with Gasteiger partial charge in [-0.25, -0.2) is 13.4 Å². The normalized spacial score (nSPS) is 11.4. The molecule has 0 saturated carbocycles. The second-order valence-electron chi connectivity index (χ2n) is 4.22. The molecule has 1 aromatic heterocycles. The van der Waals surface area contributed by atoms with Gasteiger partial charge in [0.25, 0.3) is 9.05 Å². The molecule has 0 bridgehead atoms. The van der Waals surface area contributed by atoms with E-state index in [0.717, 1.165) is 11.1 Å². The zero-order chi connectivity index (χ0) is 14.9. The summed E-state index contributed by atoms with van der Waals surface area (Å²) >= 11 is 5.94. The molecule has 0 atom stereocenters. The standard InChI is InChI=1S/C13H11Cl2NO3S/c1-8-6-10(14)7-9(2)12(8)19-13-11(20(15,17)18)4-3-5-16-13/h3-7H,1-2H3. The maximum Gasteiger partial charge on any atom is 0.266 e. The van der Waals surface area contributed by atoms with Crippen LogP contribution in [0.2, 0.25) is 5.02 Å². The van der Waals surface area contributed by atoms with Crippen LogP contribution in [-0.2, 0) is 9.05 Å². The van der Waals surface area contributed by atoms with Crippen LogP contribution in [0.25, 0.3) is 0 Å². The van der Waals surface area contributed by atoms with Gasteiger partial charge in [-0.1, -0.05) is 11.6 Å². The first-order valence-electron chi connectivity index (χ1n) is 5.63. The molecule has 0 unspecified atom stereocenters. The van der Waals surface area contributed by atoms with Crippen LogP contribution < -0.4 is 4.74 Å². The number of hydrogen-bond donors (Lipinski definition) is 0. The van der Waals surface area contributed by atoms with Crippen molar-refractivity contribution in [2.75, 3.05) is 0 Å². The Morgan fingerprint density at radius 1 is 1.20 bits per heavy atom. The van der Waals surface area contributed by atoms with E-state index in [0.29, 0.717) is 10.8 Å². The smallest absolute Gasteiger partial charge is 0.266 e. The summed E-state index contributed by atoms with van der Waals surface area (Å²) in [6.45, 7) is 3.62. The first-order valence-corrected chi connectivity index (χ1v) is 8.32. The van der Waals surface area contributed by atoms with Gasteiger partial charge in [-0.2, -0.15) is 0 Å². The number of pyridine rings is 1. The van der Waals surface area contributed by atoms with Crippen molar-refractivity contribution in [2.24, 2.45) is 0 Å². The fraction of sp³-hybridized carbons (Fsp3) is 0.154. The van der Waals surface area contributed by atoms with Crippen molar-refractivity contribution in [1.29, 1.82) is 0 Å². The number of aryl methyl sites for hydroxylation is 2. The van der Waals surface area contributed by atoms with Gasteiger partial charge < -0.3 is 4.74 Å². The maximum absolute atomic E-state index is 11.5. The maximum atomic E-state index is 11.5. The number of benzene rings is 1. The molecule has 0 N–H and O–H groups in total. The summed E-state index contributed by atoms with van der Waals surface area (Å²) in [7, 11) is 1.44. The van der Waals surface area contributed by atoms with Crippen molar-refractivity contribution in [2.45, 2.75) is 18.7 Å². The number of hydrogen-bond acceptors (Lipinski definition) is 4. The minimum atomic E-state index is -3.93. The summed E-state index contributed by atoms with van der Waals surface area (Å²) < 4.78 is 28.6. The minimum Gasteiger partial charge on any atom is -0.437 e. The molecule has 7 heteroatoms. The van der Waals surface area contributed by atoms with E-state index in [9.17, 15) is 8.42 Å². The van der Waals surface area contributed by atoms with Gasteiger partial charge in [0.05, 0.1) is 0 Å². The van der Waals surface area contributed by atoms with E-state index in [-0.39, 0.29) is 10.8 Å². The second-order valence-corrected chi connectivity index (χ2v) is 7.19. The zero-order valence-electron chi connectivity index (χ0n) is 10.7. The second kappa shape index (κ2) is 5.60. The fourth-order valence-corrected chi connectivity index (χ4v) is 3.02. The lowest BCUT2D eigenvalue weighted by Gasteiger charge is -2.13. The molecule has 0 aliphatic carbocycles. The van der Waals surface area contributed by atoms with E-state index in [4.69, 9.17) is 27.0 Å². The third kappa shape index (κ3) is 3.23. The van der Waals surface area contributed by atoms with Crippen molar-refractivity contribution in [3.05, 3.63) is 46.6 Å². The molecular weight excluding hydrogens is 321 g/mol. The van der Waals surface area contributed by atoms with Crippen molar-refractivity contribution < 1.29 is 13.2 Å². The molecule has 1 heterocycles. The Labute approximate surface area is 126 Å². The Bertz CT molecular complexity index is 737. The third-order valence-corrected chi connectivity index (χ3v) is 4.18. The molecule has 0 spiro atoms. The Balaban J connectivity index is 2.52. The van der Waals surface area contributed by atoms with Gasteiger partial charge in [0.2, 0.25) is 5.88 Å². The van der Waals surface area contributed by atoms with Crippen molar-refractivity contribution in [3.63, 3.8) is 0 Å². The van der Waals surface area contributed by atoms with Gasteiger partial charge >= 0.3 is 0 Å². The molecule has 0 amide bonds. The SMILES string of the molecule is Cc1cc(Cl)cc(C)c1Oc1ncccc1S(=O)(=O)Cl. The van der Waals surface area contributed by atoms with Crippen LogP contribution in [0.15, 0.2) is 35.4 Å². The van der Waals surface area contributed by atoms with Crippen LogP contribution >= 0.6 is 22.3 Å². The lowest BCUT2D eigenvalue weighted by atomic mass is 10.1. The summed E-state index contributed by atoms with van der Waals surface area (Å²) in [4.78, 5) is 3.76. The molecule has 4 nitrogen and oxygen atoms in total. The van der Waals surface area contributed by atoms with E-state index in [1.807, 2.05) is 13.8 Å². The van der Waals surface area contributed by atoms with Crippen LogP contribution in [-0.4, -0.2) is 13.4 Å². The van der Waals surface area contributed by atoms with Crippen molar-refractivity contribution in [1.82, 2.24) is 4.98 Å². The Hall–Kier alpha value is -1.30. The first-order chi connectivity index (χ1) is 9.29. The minimum absolute atomic E-state index is 0.0592. The van der Waals surface area contributed by atoms with Crippen LogP contribution in [0, 0.1) is 13.8 Å². The molecule has 0 aliphatic rings. The molecule has 0 fully saturated rings. The quantitative estimate of drug-likeness (QED) is 0.795. The number of ether oxygens (including phenoxy) is 1. The summed E-state index contributed by atoms with van der Waals surface area (Å²) in [5.74, 6) is 0.450. The highest BCUT2D eigenvalue weighted by Crippen LogP contribution is 2.33. The number of rotatable bonds is 3. The van der Waals surface area contributed by atoms with E-state index in [1.165, 1.54) is 18.3 Å². The molecule has 2 rings (SSSR count). The summed E-state index contributed by atoms with van der Waals surface area (Å²) in [6.07, 6.45) is 1.43. The predicted octanol–water partition coefficient (Wildman–Crippen LogP) is 4.07. The largest absolute Gasteiger partial charge is 0.437 e. The molecule has 20 heavy (non-hydrogen) atoms. The Morgan fingerprint density at radius 3 is 2.35 bits per heavy atom. The Morgan fingerprint density at radius 2 is 1.80 bits per heavy atom. The highest BCUT2D eigenvalue weighted by atomic mass is 35.7. The molecule has 106 valence electrons. The highest BCUT2D eigenvalue weighted by Gasteiger charge is 2.19. The van der Waals surface area contributed by atoms with Crippen LogP contribution in [0.4, 0.5) is 0 Å². The molecule has 0 aliphatic heterocycles. The predicted molar refractivity (Wildman–Crippen MR) is 78.3 cm³/mol. The number of nitrogens with zero attached hydrogens (tertiary/aromatic N) is 1. The average molecular weight is 332 g/mol. The van der Waals surface area contributed by atoms with Crippen LogP contribution in [0.5, 0.6) is 11.6 Å². The molecule has 0 radical (unpaired) electrons. The molecular formula is C13H11Cl2NO3S. The van der Waals surface area contributed by atoms with Gasteiger partial charge in [-0.15, -0.1) is 0 Å². The third-order valence-electron chi connectivity index (χ3n) is 2.62. The van der Waals surface area contributed by atoms with Crippen molar-refractivity contribution >= 4 is 31.3 Å². The summed E-state index contributed by atoms with van der Waals surface area (Å²) in [5, 5.41) is 0.582. The molecule has 0 saturated heterocycles. The fourth-order valence-electron chi connectivity index (χ4n) is 1.79. The lowest BCUT2D eigenvalue weighted by Crippen LogP contribution is -2.00. The van der Waals surface area contributed by atoms with Gasteiger partial charge in [0, 0.05) is 21.9 Å². The highest BCUT2D eigenvalue weighted by molar-refractivity contribution is 8.13. The topological polar surface area (TPSA) is 56.3 Å². The lowest BCUT2D eigenvalue weighted by molar-refractivity contribution is 0.441. The van der Waals surface area contributed by atoms with Gasteiger partial charge in [0.15, 0.2) is 0 Å². The van der Waals surface area contributed by atoms with Gasteiger partial charge in [0.1, 0.15) is 10.6 Å². The average Bonchev–Trinajstić information content (AvgIpc) is 2.33. The van der Waals surface area contributed by atoms with E-state index >= 15 is 0 Å². The number of halogens is 2. The summed E-state index contributed by atoms with van der Waals surface area (Å²) in [5.41, 5.74) is 1.55. The zero-order valence-corrected chi connectivity index (χ0v) is 13.1. The van der Waals surface area contributed by atoms with E-state index in [2.05, 4.69) is 4.98 Å². The number of aromatic nitrogens is 1. The monoisotopic (exact) mass is 331 g/mol. The molecule has 1 aromatic carbocycles. The van der Waals surface area contributed by atoms with Crippen LogP contribution in [0.3, 0.4) is 0 Å². The van der Waals surface area contributed by atoms with E-state index in [1.54, 1.807) is 12.1 Å². The van der Waals surface area contributed by atoms with Crippen LogP contribution in [0.1, 0.15) is 11.1 Å². The first kappa shape index (κ1) is 15.1. The van der Waals surface area contributed by atoms with Gasteiger partial charge in [-0.05, 0) is 49.2 Å². The van der Waals surface area contributed by atoms with Crippen molar-refractivity contribution in [3.8, 4) is 11.6 Å². The summed E-state index contributed by atoms with van der Waals surface area (Å²) in [6, 6.07) is 6.26. The Kier molecular flexibility index (Phi) is 4.22. The van der Waals surface area contributed by atoms with Gasteiger partial charge in [-0.3, -0.25) is 0 Å².